The minimum Gasteiger partial charge on any atom is -0.496 e. The van der Waals surface area contributed by atoms with Crippen molar-refractivity contribution >= 4 is 34.9 Å². The monoisotopic (exact) mass is 449 g/mol. The van der Waals surface area contributed by atoms with E-state index in [9.17, 15) is 9.59 Å². The molecule has 1 aromatic heterocycles. The van der Waals surface area contributed by atoms with Gasteiger partial charge in [-0.25, -0.2) is 4.98 Å². The fourth-order valence-corrected chi connectivity index (χ4v) is 4.06. The van der Waals surface area contributed by atoms with Crippen LogP contribution in [0.1, 0.15) is 10.4 Å². The number of nitrogens with zero attached hydrogens (tertiary/aromatic N) is 4. The molecule has 2 N–H and O–H groups in total. The van der Waals surface area contributed by atoms with E-state index in [2.05, 4.69) is 9.97 Å². The van der Waals surface area contributed by atoms with Gasteiger partial charge in [0, 0.05) is 31.6 Å². The molecule has 3 heterocycles. The van der Waals surface area contributed by atoms with E-state index in [-0.39, 0.29) is 12.5 Å². The predicted octanol–water partition coefficient (Wildman–Crippen LogP) is 1.52. The summed E-state index contributed by atoms with van der Waals surface area (Å²) in [5.74, 6) is 2.30. The molecule has 1 atom stereocenters. The van der Waals surface area contributed by atoms with Crippen LogP contribution in [0.3, 0.4) is 0 Å². The minimum absolute atomic E-state index is 0.106. The Morgan fingerprint density at radius 2 is 1.91 bits per heavy atom. The highest BCUT2D eigenvalue weighted by Crippen LogP contribution is 2.32. The molecule has 1 fully saturated rings. The first-order valence-electron chi connectivity index (χ1n) is 10.6. The minimum atomic E-state index is -0.671. The molecular formula is C23H23N5O5. The van der Waals surface area contributed by atoms with E-state index in [0.29, 0.717) is 71.7 Å². The van der Waals surface area contributed by atoms with Crippen LogP contribution in [0.5, 0.6) is 17.2 Å². The summed E-state index contributed by atoms with van der Waals surface area (Å²) in [6, 6.07) is 10.6. The fourth-order valence-electron chi connectivity index (χ4n) is 4.06. The third-order valence-corrected chi connectivity index (χ3v) is 5.85. The molecule has 2 aliphatic heterocycles. The van der Waals surface area contributed by atoms with Gasteiger partial charge in [-0.1, -0.05) is 12.1 Å². The topological polar surface area (TPSA) is 120 Å². The van der Waals surface area contributed by atoms with Crippen LogP contribution in [0.15, 0.2) is 36.4 Å². The number of fused-ring (bicyclic) bond motifs is 2. The number of anilines is 2. The van der Waals surface area contributed by atoms with Crippen LogP contribution < -0.4 is 24.8 Å². The number of hydrogen-bond acceptors (Lipinski definition) is 9. The fraction of sp³-hybridized carbons (Fsp3) is 0.304. The number of piperazine rings is 1. The summed E-state index contributed by atoms with van der Waals surface area (Å²) in [7, 11) is 1.49. The molecule has 1 amide bonds. The standard InChI is InChI=1S/C23H23N5O5/c1-31-19-11-15-16(10-14(19)12-29)25-23(26-21(15)24)28-8-6-27(7-9-28)22(30)20-13-32-17-4-2-3-5-18(17)33-20/h2-5,10-12,20H,6-9,13H2,1H3,(H2,24,25,26). The SMILES string of the molecule is COc1cc2c(N)nc(N3CCN(C(=O)C4COc5ccccc5O4)CC3)nc2cc1C=O. The Hall–Kier alpha value is -4.08. The van der Waals surface area contributed by atoms with Crippen LogP contribution in [-0.2, 0) is 4.79 Å². The summed E-state index contributed by atoms with van der Waals surface area (Å²) in [6.07, 6.45) is 0.0477. The van der Waals surface area contributed by atoms with E-state index in [1.165, 1.54) is 7.11 Å². The summed E-state index contributed by atoms with van der Waals surface area (Å²) < 4.78 is 16.8. The second-order valence-electron chi connectivity index (χ2n) is 7.81. The number of aldehydes is 1. The van der Waals surface area contributed by atoms with Crippen molar-refractivity contribution in [1.29, 1.82) is 0 Å². The molecule has 0 bridgehead atoms. The maximum atomic E-state index is 13.0. The summed E-state index contributed by atoms with van der Waals surface area (Å²) in [5, 5.41) is 0.616. The number of ether oxygens (including phenoxy) is 3. The third kappa shape index (κ3) is 3.84. The summed E-state index contributed by atoms with van der Waals surface area (Å²) >= 11 is 0. The highest BCUT2D eigenvalue weighted by molar-refractivity contribution is 5.95. The lowest BCUT2D eigenvalue weighted by Crippen LogP contribution is -2.54. The molecule has 1 unspecified atom stereocenters. The van der Waals surface area contributed by atoms with E-state index in [1.54, 1.807) is 23.1 Å². The van der Waals surface area contributed by atoms with Gasteiger partial charge in [0.1, 0.15) is 18.2 Å². The van der Waals surface area contributed by atoms with Gasteiger partial charge < -0.3 is 29.7 Å². The smallest absolute Gasteiger partial charge is 0.267 e. The Kier molecular flexibility index (Phi) is 5.33. The molecule has 3 aromatic rings. The molecule has 0 aliphatic carbocycles. The van der Waals surface area contributed by atoms with Crippen LogP contribution in [0, 0.1) is 0 Å². The number of para-hydroxylation sites is 2. The van der Waals surface area contributed by atoms with Gasteiger partial charge in [0.2, 0.25) is 12.1 Å². The summed E-state index contributed by atoms with van der Waals surface area (Å²) in [4.78, 5) is 37.1. The molecule has 10 nitrogen and oxygen atoms in total. The van der Waals surface area contributed by atoms with Crippen molar-refractivity contribution in [2.24, 2.45) is 0 Å². The maximum absolute atomic E-state index is 13.0. The van der Waals surface area contributed by atoms with Crippen LogP contribution in [-0.4, -0.2) is 73.1 Å². The number of nitrogen functional groups attached to an aromatic ring is 1. The molecular weight excluding hydrogens is 426 g/mol. The van der Waals surface area contributed by atoms with Crippen molar-refractivity contribution in [1.82, 2.24) is 14.9 Å². The van der Waals surface area contributed by atoms with Gasteiger partial charge in [0.05, 0.1) is 18.2 Å². The Balaban J connectivity index is 1.29. The lowest BCUT2D eigenvalue weighted by Gasteiger charge is -2.37. The van der Waals surface area contributed by atoms with Crippen LogP contribution in [0.2, 0.25) is 0 Å². The van der Waals surface area contributed by atoms with Gasteiger partial charge in [-0.3, -0.25) is 9.59 Å². The summed E-state index contributed by atoms with van der Waals surface area (Å²) in [6.45, 7) is 2.24. The first-order valence-corrected chi connectivity index (χ1v) is 10.6. The zero-order valence-corrected chi connectivity index (χ0v) is 18.1. The van der Waals surface area contributed by atoms with Gasteiger partial charge in [-0.05, 0) is 24.3 Å². The molecule has 33 heavy (non-hydrogen) atoms. The molecule has 2 aromatic carbocycles. The number of hydrogen-bond donors (Lipinski definition) is 1. The normalized spacial score (nSPS) is 17.7. The van der Waals surface area contributed by atoms with Crippen molar-refractivity contribution in [3.05, 3.63) is 42.0 Å². The first-order chi connectivity index (χ1) is 16.1. The number of aromatic nitrogens is 2. The van der Waals surface area contributed by atoms with Gasteiger partial charge in [-0.2, -0.15) is 4.98 Å². The highest BCUT2D eigenvalue weighted by atomic mass is 16.6. The average molecular weight is 449 g/mol. The van der Waals surface area contributed by atoms with E-state index >= 15 is 0 Å². The number of benzene rings is 2. The molecule has 0 saturated carbocycles. The Morgan fingerprint density at radius 1 is 1.15 bits per heavy atom. The van der Waals surface area contributed by atoms with Crippen LogP contribution in [0.4, 0.5) is 11.8 Å². The van der Waals surface area contributed by atoms with Gasteiger partial charge >= 0.3 is 0 Å². The van der Waals surface area contributed by atoms with Crippen molar-refractivity contribution in [2.45, 2.75) is 6.10 Å². The van der Waals surface area contributed by atoms with E-state index in [0.717, 1.165) is 6.29 Å². The lowest BCUT2D eigenvalue weighted by molar-refractivity contribution is -0.141. The zero-order chi connectivity index (χ0) is 22.9. The van der Waals surface area contributed by atoms with Gasteiger partial charge in [-0.15, -0.1) is 0 Å². The van der Waals surface area contributed by atoms with Gasteiger partial charge in [0.25, 0.3) is 5.91 Å². The third-order valence-electron chi connectivity index (χ3n) is 5.85. The van der Waals surface area contributed by atoms with Crippen LogP contribution >= 0.6 is 0 Å². The Morgan fingerprint density at radius 3 is 2.64 bits per heavy atom. The molecule has 5 rings (SSSR count). The highest BCUT2D eigenvalue weighted by Gasteiger charge is 2.33. The zero-order valence-electron chi connectivity index (χ0n) is 18.1. The summed E-state index contributed by atoms with van der Waals surface area (Å²) in [5.41, 5.74) is 7.12. The van der Waals surface area contributed by atoms with Gasteiger partial charge in [0.15, 0.2) is 17.8 Å². The molecule has 0 spiro atoms. The predicted molar refractivity (Wildman–Crippen MR) is 121 cm³/mol. The first kappa shape index (κ1) is 20.8. The van der Waals surface area contributed by atoms with E-state index in [4.69, 9.17) is 19.9 Å². The second kappa shape index (κ2) is 8.45. The molecule has 2 aliphatic rings. The number of amides is 1. The largest absolute Gasteiger partial charge is 0.496 e. The number of carbonyl (C=O) groups excluding carboxylic acids is 2. The molecule has 10 heteroatoms. The maximum Gasteiger partial charge on any atom is 0.267 e. The number of methoxy groups -OCH3 is 1. The Bertz CT molecular complexity index is 1230. The van der Waals surface area contributed by atoms with Crippen molar-refractivity contribution in [3.63, 3.8) is 0 Å². The van der Waals surface area contributed by atoms with Crippen LogP contribution in [0.25, 0.3) is 10.9 Å². The number of carbonyl (C=O) groups is 2. The van der Waals surface area contributed by atoms with Crippen molar-refractivity contribution in [3.8, 4) is 17.2 Å². The lowest BCUT2D eigenvalue weighted by atomic mass is 10.1. The quantitative estimate of drug-likeness (QED) is 0.591. The average Bonchev–Trinajstić information content (AvgIpc) is 2.87. The second-order valence-corrected chi connectivity index (χ2v) is 7.81. The number of rotatable bonds is 4. The Labute approximate surface area is 189 Å². The van der Waals surface area contributed by atoms with E-state index < -0.39 is 6.10 Å². The van der Waals surface area contributed by atoms with E-state index in [1.807, 2.05) is 23.1 Å². The molecule has 1 saturated heterocycles. The van der Waals surface area contributed by atoms with Crippen molar-refractivity contribution in [2.75, 3.05) is 50.5 Å². The van der Waals surface area contributed by atoms with Crippen molar-refractivity contribution < 1.29 is 23.8 Å². The number of nitrogens with two attached hydrogens (primary N) is 1. The molecule has 0 radical (unpaired) electrons. The molecule has 170 valence electrons.